The van der Waals surface area contributed by atoms with E-state index in [1.165, 1.54) is 63.4 Å². The fourth-order valence-electron chi connectivity index (χ4n) is 10.7. The zero-order chi connectivity index (χ0) is 43.7. The van der Waals surface area contributed by atoms with Gasteiger partial charge in [0.05, 0.1) is 16.7 Å². The van der Waals surface area contributed by atoms with Gasteiger partial charge < -0.3 is 8.98 Å². The maximum Gasteiger partial charge on any atom is 0.164 e. The molecule has 4 aromatic heterocycles. The molecule has 0 amide bonds. The van der Waals surface area contributed by atoms with Gasteiger partial charge in [-0.05, 0) is 80.8 Å². The van der Waals surface area contributed by atoms with Crippen molar-refractivity contribution in [3.8, 4) is 39.9 Å². The van der Waals surface area contributed by atoms with Gasteiger partial charge >= 0.3 is 0 Å². The zero-order valence-corrected chi connectivity index (χ0v) is 36.6. The Hall–Kier alpha value is -8.71. The Morgan fingerprint density at radius 2 is 0.985 bits per heavy atom. The minimum absolute atomic E-state index is 0.589. The zero-order valence-electron chi connectivity index (χ0n) is 35.7. The van der Waals surface area contributed by atoms with Crippen LogP contribution in [0.25, 0.3) is 147 Å². The van der Waals surface area contributed by atoms with E-state index in [1.807, 2.05) is 11.3 Å². The lowest BCUT2D eigenvalue weighted by molar-refractivity contribution is 0.669. The molecule has 0 saturated carbocycles. The molecule has 5 nitrogen and oxygen atoms in total. The van der Waals surface area contributed by atoms with E-state index in [0.717, 1.165) is 66.0 Å². The SMILES string of the molecule is c1ccc2cc(-c3nc(-c4ccc5sc6ccccc6c5c4)nc(-c4cccc5oc6cc(-n7c8cc9ccccc9cc8c8ccc9ccccc9c87)c7ccccc7c6c45)n3)ccc2c1. The van der Waals surface area contributed by atoms with Gasteiger partial charge in [-0.3, -0.25) is 0 Å². The molecular formula is C61H34N4OS. The number of thiophene rings is 1. The van der Waals surface area contributed by atoms with Gasteiger partial charge in [0.2, 0.25) is 0 Å². The Kier molecular flexibility index (Phi) is 7.59. The van der Waals surface area contributed by atoms with Gasteiger partial charge in [-0.1, -0.05) is 152 Å². The molecule has 0 radical (unpaired) electrons. The van der Waals surface area contributed by atoms with Crippen LogP contribution in [0.1, 0.15) is 0 Å². The van der Waals surface area contributed by atoms with Crippen molar-refractivity contribution in [2.45, 2.75) is 0 Å². The highest BCUT2D eigenvalue weighted by molar-refractivity contribution is 7.25. The van der Waals surface area contributed by atoms with Crippen molar-refractivity contribution in [3.05, 3.63) is 206 Å². The van der Waals surface area contributed by atoms with E-state index in [2.05, 4.69) is 211 Å². The molecule has 15 aromatic rings. The molecule has 0 atom stereocenters. The third-order valence-corrected chi connectivity index (χ3v) is 14.9. The summed E-state index contributed by atoms with van der Waals surface area (Å²) < 4.78 is 12.0. The van der Waals surface area contributed by atoms with Crippen molar-refractivity contribution in [3.63, 3.8) is 0 Å². The van der Waals surface area contributed by atoms with Crippen LogP contribution in [0, 0.1) is 0 Å². The van der Waals surface area contributed by atoms with Gasteiger partial charge in [0.15, 0.2) is 17.5 Å². The van der Waals surface area contributed by atoms with Crippen LogP contribution >= 0.6 is 11.3 Å². The van der Waals surface area contributed by atoms with E-state index >= 15 is 0 Å². The predicted molar refractivity (Wildman–Crippen MR) is 281 cm³/mol. The topological polar surface area (TPSA) is 56.7 Å². The second kappa shape index (κ2) is 13.9. The summed E-state index contributed by atoms with van der Waals surface area (Å²) >= 11 is 1.81. The van der Waals surface area contributed by atoms with Crippen LogP contribution in [0.15, 0.2) is 211 Å². The molecule has 0 fully saturated rings. The Morgan fingerprint density at radius 1 is 0.358 bits per heavy atom. The smallest absolute Gasteiger partial charge is 0.164 e. The molecule has 15 rings (SSSR count). The molecule has 11 aromatic carbocycles. The number of aromatic nitrogens is 4. The molecule has 0 aliphatic heterocycles. The Bertz CT molecular complexity index is 4600. The second-order valence-electron chi connectivity index (χ2n) is 17.5. The van der Waals surface area contributed by atoms with Crippen LogP contribution in [0.5, 0.6) is 0 Å². The molecule has 310 valence electrons. The van der Waals surface area contributed by atoms with E-state index in [1.54, 1.807) is 0 Å². The lowest BCUT2D eigenvalue weighted by Gasteiger charge is -2.14. The lowest BCUT2D eigenvalue weighted by Crippen LogP contribution is -2.00. The van der Waals surface area contributed by atoms with Crippen LogP contribution in [0.2, 0.25) is 0 Å². The van der Waals surface area contributed by atoms with Crippen LogP contribution in [-0.4, -0.2) is 19.5 Å². The van der Waals surface area contributed by atoms with Crippen LogP contribution in [0.3, 0.4) is 0 Å². The van der Waals surface area contributed by atoms with Gasteiger partial charge in [-0.15, -0.1) is 11.3 Å². The molecule has 0 unspecified atom stereocenters. The molecule has 0 N–H and O–H groups in total. The predicted octanol–water partition coefficient (Wildman–Crippen LogP) is 16.8. The molecule has 0 saturated heterocycles. The molecule has 0 spiro atoms. The standard InChI is InChI=1S/C61H34N4OS/c1-2-14-37-30-40(25-24-35(37)12-1)59-62-60(41-27-29-55-49(32-41)44-19-9-10-23-54(44)67-55)64-61(63-59)47-21-11-22-52-57(47)56-45-20-8-7-18-43(45)51(34-53(56)66-52)65-50-33-39-16-4-3-15-38(39)31-48(50)46-28-26-36-13-5-6-17-42(36)58(46)65/h1-34H. The summed E-state index contributed by atoms with van der Waals surface area (Å²) in [6.45, 7) is 0. The third kappa shape index (κ3) is 5.45. The van der Waals surface area contributed by atoms with Gasteiger partial charge in [0.1, 0.15) is 11.2 Å². The average Bonchev–Trinajstić information content (AvgIpc) is 4.06. The minimum Gasteiger partial charge on any atom is -0.456 e. The molecule has 6 heteroatoms. The first-order valence-corrected chi connectivity index (χ1v) is 23.4. The second-order valence-corrected chi connectivity index (χ2v) is 18.6. The highest BCUT2D eigenvalue weighted by Gasteiger charge is 2.24. The molecule has 0 bridgehead atoms. The van der Waals surface area contributed by atoms with Crippen molar-refractivity contribution in [1.82, 2.24) is 19.5 Å². The van der Waals surface area contributed by atoms with Crippen LogP contribution in [0.4, 0.5) is 0 Å². The van der Waals surface area contributed by atoms with Crippen molar-refractivity contribution in [2.24, 2.45) is 0 Å². The molecule has 0 aliphatic carbocycles. The molecule has 0 aliphatic rings. The van der Waals surface area contributed by atoms with Crippen LogP contribution < -0.4 is 0 Å². The summed E-state index contributed by atoms with van der Waals surface area (Å²) in [4.78, 5) is 15.9. The Morgan fingerprint density at radius 3 is 1.82 bits per heavy atom. The maximum atomic E-state index is 7.02. The minimum atomic E-state index is 0.589. The number of hydrogen-bond acceptors (Lipinski definition) is 5. The van der Waals surface area contributed by atoms with E-state index in [0.29, 0.717) is 17.5 Å². The van der Waals surface area contributed by atoms with Crippen LogP contribution in [-0.2, 0) is 0 Å². The summed E-state index contributed by atoms with van der Waals surface area (Å²) in [7, 11) is 0. The largest absolute Gasteiger partial charge is 0.456 e. The summed E-state index contributed by atoms with van der Waals surface area (Å²) in [5.74, 6) is 1.82. The number of benzene rings is 11. The van der Waals surface area contributed by atoms with Gasteiger partial charge in [0.25, 0.3) is 0 Å². The maximum absolute atomic E-state index is 7.02. The first-order valence-electron chi connectivity index (χ1n) is 22.6. The summed E-state index contributed by atoms with van der Waals surface area (Å²) in [5.41, 5.74) is 7.71. The number of furan rings is 1. The van der Waals surface area contributed by atoms with Gasteiger partial charge in [-0.2, -0.15) is 0 Å². The van der Waals surface area contributed by atoms with Gasteiger partial charge in [0, 0.05) is 75.2 Å². The third-order valence-electron chi connectivity index (χ3n) is 13.8. The van der Waals surface area contributed by atoms with Crippen molar-refractivity contribution in [1.29, 1.82) is 0 Å². The molecular weight excluding hydrogens is 837 g/mol. The first-order chi connectivity index (χ1) is 33.2. The van der Waals surface area contributed by atoms with E-state index in [4.69, 9.17) is 19.4 Å². The quantitative estimate of drug-likeness (QED) is 0.177. The van der Waals surface area contributed by atoms with E-state index in [-0.39, 0.29) is 0 Å². The molecule has 4 heterocycles. The lowest BCUT2D eigenvalue weighted by atomic mass is 9.98. The first kappa shape index (κ1) is 36.6. The number of fused-ring (bicyclic) bond motifs is 15. The van der Waals surface area contributed by atoms with E-state index in [9.17, 15) is 0 Å². The fraction of sp³-hybridized carbons (Fsp3) is 0. The monoisotopic (exact) mass is 870 g/mol. The Labute approximate surface area is 386 Å². The summed E-state index contributed by atoms with van der Waals surface area (Å²) in [5, 5.41) is 16.2. The number of hydrogen-bond donors (Lipinski definition) is 0. The summed E-state index contributed by atoms with van der Waals surface area (Å²) in [6, 6.07) is 73.9. The van der Waals surface area contributed by atoms with E-state index < -0.39 is 0 Å². The Balaban J connectivity index is 1.01. The van der Waals surface area contributed by atoms with Crippen molar-refractivity contribution < 1.29 is 4.42 Å². The number of rotatable bonds is 4. The van der Waals surface area contributed by atoms with Gasteiger partial charge in [-0.25, -0.2) is 15.0 Å². The average molecular weight is 871 g/mol. The van der Waals surface area contributed by atoms with Crippen molar-refractivity contribution in [2.75, 3.05) is 0 Å². The normalized spacial score (nSPS) is 12.2. The fourth-order valence-corrected chi connectivity index (χ4v) is 11.8. The number of nitrogens with zero attached hydrogens (tertiary/aromatic N) is 4. The molecule has 67 heavy (non-hydrogen) atoms. The highest BCUT2D eigenvalue weighted by atomic mass is 32.1. The highest BCUT2D eigenvalue weighted by Crippen LogP contribution is 2.46. The summed E-state index contributed by atoms with van der Waals surface area (Å²) in [6.07, 6.45) is 0. The van der Waals surface area contributed by atoms with Crippen molar-refractivity contribution >= 4 is 118 Å².